The Morgan fingerprint density at radius 1 is 0.423 bits per heavy atom. The van der Waals surface area contributed by atoms with Crippen LogP contribution in [0, 0.1) is 0 Å². The monoisotopic (exact) mass is 692 g/mol. The van der Waals surface area contributed by atoms with E-state index in [0.717, 1.165) is 33.4 Å². The topological polar surface area (TPSA) is 66.4 Å². The lowest BCUT2D eigenvalue weighted by Gasteiger charge is -2.45. The molecule has 52 heavy (non-hydrogen) atoms. The molecular formula is C46H44O6. The SMILES string of the molecule is O[C@H]1O[C@H](COC(c2ccccc2)(c2ccccc2)c2ccccc2)[C@H](OCc2ccccc2)[C@H](OCc2ccccc2)[C@H]1OCc1ccccc1. The van der Waals surface area contributed by atoms with Gasteiger partial charge in [0.25, 0.3) is 0 Å². The zero-order valence-electron chi connectivity index (χ0n) is 29.0. The summed E-state index contributed by atoms with van der Waals surface area (Å²) in [6.07, 6.45) is -4.26. The second-order valence-electron chi connectivity index (χ2n) is 12.9. The number of rotatable bonds is 15. The maximum absolute atomic E-state index is 11.7. The van der Waals surface area contributed by atoms with E-state index >= 15 is 0 Å². The summed E-state index contributed by atoms with van der Waals surface area (Å²) in [4.78, 5) is 0. The summed E-state index contributed by atoms with van der Waals surface area (Å²) in [7, 11) is 0. The smallest absolute Gasteiger partial charge is 0.184 e. The Balaban J connectivity index is 1.25. The minimum atomic E-state index is -1.31. The first kappa shape index (κ1) is 35.5. The molecule has 0 unspecified atom stereocenters. The van der Waals surface area contributed by atoms with Gasteiger partial charge in [0, 0.05) is 0 Å². The lowest BCUT2D eigenvalue weighted by molar-refractivity contribution is -0.319. The van der Waals surface area contributed by atoms with Crippen molar-refractivity contribution in [1.82, 2.24) is 0 Å². The van der Waals surface area contributed by atoms with Crippen LogP contribution in [0.3, 0.4) is 0 Å². The van der Waals surface area contributed by atoms with Gasteiger partial charge in [0.05, 0.1) is 26.4 Å². The predicted octanol–water partition coefficient (Wildman–Crippen LogP) is 8.47. The molecule has 1 fully saturated rings. The van der Waals surface area contributed by atoms with Gasteiger partial charge in [0.2, 0.25) is 0 Å². The zero-order chi connectivity index (χ0) is 35.4. The summed E-state index contributed by atoms with van der Waals surface area (Å²) < 4.78 is 33.6. The van der Waals surface area contributed by atoms with Crippen LogP contribution < -0.4 is 0 Å². The number of benzene rings is 6. The van der Waals surface area contributed by atoms with Gasteiger partial charge in [-0.05, 0) is 33.4 Å². The van der Waals surface area contributed by atoms with Gasteiger partial charge < -0.3 is 28.8 Å². The van der Waals surface area contributed by atoms with Crippen LogP contribution in [0.1, 0.15) is 33.4 Å². The Morgan fingerprint density at radius 2 is 0.750 bits per heavy atom. The Bertz CT molecular complexity index is 1800. The largest absolute Gasteiger partial charge is 0.368 e. The summed E-state index contributed by atoms with van der Waals surface area (Å²) in [5.74, 6) is 0. The molecule has 6 heteroatoms. The minimum Gasteiger partial charge on any atom is -0.368 e. The summed E-state index contributed by atoms with van der Waals surface area (Å²) in [6.45, 7) is 0.943. The van der Waals surface area contributed by atoms with Gasteiger partial charge >= 0.3 is 0 Å². The Morgan fingerprint density at radius 3 is 1.13 bits per heavy atom. The molecular weight excluding hydrogens is 649 g/mol. The molecule has 7 rings (SSSR count). The number of hydrogen-bond donors (Lipinski definition) is 1. The van der Waals surface area contributed by atoms with Crippen LogP contribution in [-0.2, 0) is 49.1 Å². The van der Waals surface area contributed by atoms with E-state index in [4.69, 9.17) is 23.7 Å². The van der Waals surface area contributed by atoms with Gasteiger partial charge in [-0.1, -0.05) is 182 Å². The van der Waals surface area contributed by atoms with Crippen LogP contribution in [0.5, 0.6) is 0 Å². The maximum Gasteiger partial charge on any atom is 0.184 e. The van der Waals surface area contributed by atoms with Gasteiger partial charge in [-0.25, -0.2) is 0 Å². The van der Waals surface area contributed by atoms with E-state index < -0.39 is 36.3 Å². The Kier molecular flexibility index (Phi) is 12.0. The highest BCUT2D eigenvalue weighted by atomic mass is 16.7. The molecule has 264 valence electrons. The molecule has 5 atom stereocenters. The van der Waals surface area contributed by atoms with Crippen molar-refractivity contribution in [3.8, 4) is 0 Å². The molecule has 0 spiro atoms. The first-order chi connectivity index (χ1) is 25.7. The van der Waals surface area contributed by atoms with E-state index in [2.05, 4.69) is 36.4 Å². The minimum absolute atomic E-state index is 0.0752. The summed E-state index contributed by atoms with van der Waals surface area (Å²) >= 11 is 0. The zero-order valence-corrected chi connectivity index (χ0v) is 29.0. The van der Waals surface area contributed by atoms with Crippen molar-refractivity contribution in [3.63, 3.8) is 0 Å². The van der Waals surface area contributed by atoms with Gasteiger partial charge in [-0.3, -0.25) is 0 Å². The van der Waals surface area contributed by atoms with Crippen LogP contribution in [0.25, 0.3) is 0 Å². The molecule has 6 aromatic rings. The lowest BCUT2D eigenvalue weighted by Crippen LogP contribution is -2.61. The van der Waals surface area contributed by atoms with Crippen LogP contribution >= 0.6 is 0 Å². The quantitative estimate of drug-likeness (QED) is 0.109. The first-order valence-electron chi connectivity index (χ1n) is 17.8. The van der Waals surface area contributed by atoms with Crippen LogP contribution in [-0.4, -0.2) is 42.4 Å². The Hall–Kier alpha value is -4.92. The third-order valence-corrected chi connectivity index (χ3v) is 9.47. The second kappa shape index (κ2) is 17.5. The number of aliphatic hydroxyl groups excluding tert-OH is 1. The molecule has 0 radical (unpaired) electrons. The van der Waals surface area contributed by atoms with Crippen molar-refractivity contribution < 1.29 is 28.8 Å². The molecule has 1 saturated heterocycles. The van der Waals surface area contributed by atoms with Crippen molar-refractivity contribution in [3.05, 3.63) is 215 Å². The fourth-order valence-electron chi connectivity index (χ4n) is 6.87. The van der Waals surface area contributed by atoms with Crippen molar-refractivity contribution >= 4 is 0 Å². The maximum atomic E-state index is 11.7. The van der Waals surface area contributed by atoms with Crippen LogP contribution in [0.4, 0.5) is 0 Å². The summed E-state index contributed by atoms with van der Waals surface area (Å²) in [5.41, 5.74) is 4.87. The fraction of sp³-hybridized carbons (Fsp3) is 0.217. The summed E-state index contributed by atoms with van der Waals surface area (Å²) in [6, 6.07) is 60.5. The molecule has 0 saturated carbocycles. The van der Waals surface area contributed by atoms with Crippen LogP contribution in [0.15, 0.2) is 182 Å². The van der Waals surface area contributed by atoms with E-state index in [1.807, 2.05) is 146 Å². The number of aliphatic hydroxyl groups is 1. The number of ether oxygens (including phenoxy) is 5. The predicted molar refractivity (Wildman–Crippen MR) is 201 cm³/mol. The normalized spacial score (nSPS) is 20.4. The van der Waals surface area contributed by atoms with Crippen molar-refractivity contribution in [2.75, 3.05) is 6.61 Å². The highest BCUT2D eigenvalue weighted by molar-refractivity contribution is 5.47. The van der Waals surface area contributed by atoms with Gasteiger partial charge in [-0.15, -0.1) is 0 Å². The highest BCUT2D eigenvalue weighted by Gasteiger charge is 2.49. The van der Waals surface area contributed by atoms with Gasteiger partial charge in [0.1, 0.15) is 30.0 Å². The molecule has 1 heterocycles. The molecule has 1 aliphatic heterocycles. The molecule has 0 aromatic heterocycles. The third kappa shape index (κ3) is 8.41. The molecule has 6 aromatic carbocycles. The van der Waals surface area contributed by atoms with Crippen LogP contribution in [0.2, 0.25) is 0 Å². The van der Waals surface area contributed by atoms with E-state index in [9.17, 15) is 5.11 Å². The average Bonchev–Trinajstić information content (AvgIpc) is 3.22. The average molecular weight is 693 g/mol. The molecule has 0 aliphatic carbocycles. The molecule has 0 amide bonds. The van der Waals surface area contributed by atoms with Crippen molar-refractivity contribution in [2.45, 2.75) is 56.1 Å². The van der Waals surface area contributed by atoms with Crippen molar-refractivity contribution in [1.29, 1.82) is 0 Å². The van der Waals surface area contributed by atoms with E-state index in [0.29, 0.717) is 13.2 Å². The second-order valence-corrected chi connectivity index (χ2v) is 12.9. The van der Waals surface area contributed by atoms with E-state index in [1.165, 1.54) is 0 Å². The molecule has 6 nitrogen and oxygen atoms in total. The first-order valence-corrected chi connectivity index (χ1v) is 17.8. The third-order valence-electron chi connectivity index (χ3n) is 9.47. The Labute approximate surface area is 306 Å². The lowest BCUT2D eigenvalue weighted by atomic mass is 9.80. The molecule has 1 aliphatic rings. The van der Waals surface area contributed by atoms with Gasteiger partial charge in [0.15, 0.2) is 6.29 Å². The van der Waals surface area contributed by atoms with E-state index in [1.54, 1.807) is 0 Å². The standard InChI is InChI=1S/C46H44O6/c47-45-44(50-33-37-23-11-3-12-24-37)43(49-32-36-21-9-2-10-22-36)42(48-31-35-19-7-1-8-20-35)41(52-45)34-51-46(38-25-13-4-14-26-38,39-27-15-5-16-28-39)40-29-17-6-18-30-40/h1-30,41-45,47H,31-34H2/t41-,42+,43+,44-,45+/m1/s1. The van der Waals surface area contributed by atoms with Crippen molar-refractivity contribution in [2.24, 2.45) is 0 Å². The van der Waals surface area contributed by atoms with Gasteiger partial charge in [-0.2, -0.15) is 0 Å². The summed E-state index contributed by atoms with van der Waals surface area (Å²) in [5, 5.41) is 11.7. The fourth-order valence-corrected chi connectivity index (χ4v) is 6.87. The molecule has 1 N–H and O–H groups in total. The highest BCUT2D eigenvalue weighted by Crippen LogP contribution is 2.41. The molecule has 0 bridgehead atoms. The van der Waals surface area contributed by atoms with E-state index in [-0.39, 0.29) is 13.2 Å². The number of hydrogen-bond acceptors (Lipinski definition) is 6.